The van der Waals surface area contributed by atoms with E-state index in [0.717, 1.165) is 21.8 Å². The highest BCUT2D eigenvalue weighted by Gasteiger charge is 2.26. The van der Waals surface area contributed by atoms with Gasteiger partial charge >= 0.3 is 6.09 Å². The summed E-state index contributed by atoms with van der Waals surface area (Å²) in [5, 5.41) is 6.75. The predicted molar refractivity (Wildman–Crippen MR) is 133 cm³/mol. The van der Waals surface area contributed by atoms with Crippen LogP contribution in [0.25, 0.3) is 0 Å². The van der Waals surface area contributed by atoms with E-state index in [2.05, 4.69) is 46.4 Å². The molecule has 2 N–H and O–H groups in total. The SMILES string of the molecule is CC(C)(C)OC(=O)N1CCN(c2ccc(Nc3ncc(Br)c(NC4CCCC4)n3)cn2)CC1. The molecule has 2 aliphatic rings. The lowest BCUT2D eigenvalue weighted by atomic mass is 10.2. The first-order valence-electron chi connectivity index (χ1n) is 11.5. The highest BCUT2D eigenvalue weighted by molar-refractivity contribution is 9.10. The van der Waals surface area contributed by atoms with E-state index < -0.39 is 5.60 Å². The van der Waals surface area contributed by atoms with Crippen LogP contribution < -0.4 is 15.5 Å². The Hall–Kier alpha value is -2.62. The molecule has 10 heteroatoms. The van der Waals surface area contributed by atoms with E-state index in [1.165, 1.54) is 25.7 Å². The molecule has 2 fully saturated rings. The molecule has 0 bridgehead atoms. The second-order valence-corrected chi connectivity index (χ2v) is 10.4. The van der Waals surface area contributed by atoms with E-state index in [1.807, 2.05) is 32.9 Å². The number of piperazine rings is 1. The highest BCUT2D eigenvalue weighted by atomic mass is 79.9. The largest absolute Gasteiger partial charge is 0.444 e. The smallest absolute Gasteiger partial charge is 0.410 e. The molecule has 0 aromatic carbocycles. The molecule has 3 heterocycles. The molecule has 4 rings (SSSR count). The van der Waals surface area contributed by atoms with E-state index in [0.29, 0.717) is 38.2 Å². The molecule has 1 saturated heterocycles. The lowest BCUT2D eigenvalue weighted by molar-refractivity contribution is 0.0240. The minimum absolute atomic E-state index is 0.258. The Kier molecular flexibility index (Phi) is 7.21. The van der Waals surface area contributed by atoms with Crippen LogP contribution in [0.4, 0.5) is 28.1 Å². The van der Waals surface area contributed by atoms with Gasteiger partial charge in [-0.1, -0.05) is 12.8 Å². The first kappa shape index (κ1) is 23.5. The zero-order chi connectivity index (χ0) is 23.4. The average molecular weight is 518 g/mol. The summed E-state index contributed by atoms with van der Waals surface area (Å²) in [6, 6.07) is 4.42. The summed E-state index contributed by atoms with van der Waals surface area (Å²) in [6.45, 7) is 8.29. The molecule has 1 saturated carbocycles. The summed E-state index contributed by atoms with van der Waals surface area (Å²) in [7, 11) is 0. The molecule has 1 aliphatic carbocycles. The molecule has 0 atom stereocenters. The predicted octanol–water partition coefficient (Wildman–Crippen LogP) is 4.79. The molecule has 178 valence electrons. The van der Waals surface area contributed by atoms with E-state index in [9.17, 15) is 4.79 Å². The highest BCUT2D eigenvalue weighted by Crippen LogP contribution is 2.27. The van der Waals surface area contributed by atoms with Crippen LogP contribution in [0.1, 0.15) is 46.5 Å². The molecular weight excluding hydrogens is 486 g/mol. The fraction of sp³-hybridized carbons (Fsp3) is 0.565. The lowest BCUT2D eigenvalue weighted by Gasteiger charge is -2.36. The molecular formula is C23H32BrN7O2. The van der Waals surface area contributed by atoms with E-state index in [-0.39, 0.29) is 6.09 Å². The van der Waals surface area contributed by atoms with Crippen molar-refractivity contribution < 1.29 is 9.53 Å². The number of nitrogens with zero attached hydrogens (tertiary/aromatic N) is 5. The van der Waals surface area contributed by atoms with Gasteiger partial charge in [-0.25, -0.2) is 14.8 Å². The molecule has 1 aliphatic heterocycles. The standard InChI is InChI=1S/C23H32BrN7O2/c1-23(2,3)33-22(32)31-12-10-30(11-13-31)19-9-8-17(14-25-19)28-21-26-15-18(24)20(29-21)27-16-6-4-5-7-16/h8-9,14-16H,4-7,10-13H2,1-3H3,(H2,26,27,28,29). The van der Waals surface area contributed by atoms with Crippen molar-refractivity contribution in [2.75, 3.05) is 41.7 Å². The van der Waals surface area contributed by atoms with Gasteiger partial charge in [-0.15, -0.1) is 0 Å². The molecule has 1 amide bonds. The number of carbonyl (C=O) groups excluding carboxylic acids is 1. The molecule has 2 aromatic heterocycles. The van der Waals surface area contributed by atoms with E-state index in [4.69, 9.17) is 4.74 Å². The van der Waals surface area contributed by atoms with Gasteiger partial charge in [0.05, 0.1) is 16.4 Å². The fourth-order valence-corrected chi connectivity index (χ4v) is 4.32. The third kappa shape index (κ3) is 6.46. The normalized spacial score (nSPS) is 17.2. The Labute approximate surface area is 203 Å². The van der Waals surface area contributed by atoms with Crippen LogP contribution in [0.3, 0.4) is 0 Å². The first-order chi connectivity index (χ1) is 15.8. The number of aromatic nitrogens is 3. The number of halogens is 1. The molecule has 2 aromatic rings. The Bertz CT molecular complexity index is 950. The number of ether oxygens (including phenoxy) is 1. The Morgan fingerprint density at radius 2 is 1.82 bits per heavy atom. The topological polar surface area (TPSA) is 95.5 Å². The lowest BCUT2D eigenvalue weighted by Crippen LogP contribution is -2.50. The van der Waals surface area contributed by atoms with Gasteiger partial charge in [0.1, 0.15) is 17.2 Å². The molecule has 33 heavy (non-hydrogen) atoms. The van der Waals surface area contributed by atoms with Crippen LogP contribution >= 0.6 is 15.9 Å². The van der Waals surface area contributed by atoms with Gasteiger partial charge in [0.2, 0.25) is 5.95 Å². The third-order valence-corrected chi connectivity index (χ3v) is 6.28. The second-order valence-electron chi connectivity index (χ2n) is 9.50. The van der Waals surface area contributed by atoms with Crippen molar-refractivity contribution in [2.45, 2.75) is 58.1 Å². The van der Waals surface area contributed by atoms with Crippen LogP contribution in [0, 0.1) is 0 Å². The number of hydrogen-bond donors (Lipinski definition) is 2. The number of pyridine rings is 1. The maximum atomic E-state index is 12.3. The number of hydrogen-bond acceptors (Lipinski definition) is 8. The summed E-state index contributed by atoms with van der Waals surface area (Å²) in [4.78, 5) is 29.8. The summed E-state index contributed by atoms with van der Waals surface area (Å²) >= 11 is 3.54. The number of carbonyl (C=O) groups is 1. The van der Waals surface area contributed by atoms with Crippen LogP contribution in [-0.4, -0.2) is 63.8 Å². The Morgan fingerprint density at radius 1 is 1.09 bits per heavy atom. The van der Waals surface area contributed by atoms with Crippen molar-refractivity contribution in [1.82, 2.24) is 19.9 Å². The van der Waals surface area contributed by atoms with E-state index in [1.54, 1.807) is 17.3 Å². The van der Waals surface area contributed by atoms with Gasteiger partial charge < -0.3 is 25.2 Å². The van der Waals surface area contributed by atoms with Crippen molar-refractivity contribution in [3.05, 3.63) is 29.0 Å². The van der Waals surface area contributed by atoms with Gasteiger partial charge in [-0.05, 0) is 61.7 Å². The van der Waals surface area contributed by atoms with Crippen LogP contribution in [0.15, 0.2) is 29.0 Å². The quantitative estimate of drug-likeness (QED) is 0.584. The van der Waals surface area contributed by atoms with Crippen LogP contribution in [-0.2, 0) is 4.74 Å². The molecule has 0 radical (unpaired) electrons. The van der Waals surface area contributed by atoms with E-state index >= 15 is 0 Å². The summed E-state index contributed by atoms with van der Waals surface area (Å²) in [5.41, 5.74) is 0.338. The summed E-state index contributed by atoms with van der Waals surface area (Å²) in [5.74, 6) is 2.22. The van der Waals surface area contributed by atoms with Gasteiger partial charge in [-0.3, -0.25) is 0 Å². The maximum Gasteiger partial charge on any atom is 0.410 e. The van der Waals surface area contributed by atoms with Crippen molar-refractivity contribution in [1.29, 1.82) is 0 Å². The Balaban J connectivity index is 1.32. The van der Waals surface area contributed by atoms with Gasteiger partial charge in [0.15, 0.2) is 0 Å². The number of anilines is 4. The van der Waals surface area contributed by atoms with Crippen molar-refractivity contribution >= 4 is 45.3 Å². The van der Waals surface area contributed by atoms with Gasteiger partial charge in [0, 0.05) is 38.4 Å². The number of amides is 1. The van der Waals surface area contributed by atoms with Crippen molar-refractivity contribution in [2.24, 2.45) is 0 Å². The Morgan fingerprint density at radius 3 is 2.45 bits per heavy atom. The van der Waals surface area contributed by atoms with Crippen LogP contribution in [0.5, 0.6) is 0 Å². The summed E-state index contributed by atoms with van der Waals surface area (Å²) < 4.78 is 6.33. The summed E-state index contributed by atoms with van der Waals surface area (Å²) in [6.07, 6.45) is 8.17. The second kappa shape index (κ2) is 10.1. The first-order valence-corrected chi connectivity index (χ1v) is 12.3. The third-order valence-electron chi connectivity index (χ3n) is 5.70. The molecule has 0 unspecified atom stereocenters. The maximum absolute atomic E-state index is 12.3. The van der Waals surface area contributed by atoms with Gasteiger partial charge in [-0.2, -0.15) is 4.98 Å². The molecule has 9 nitrogen and oxygen atoms in total. The van der Waals surface area contributed by atoms with Crippen LogP contribution in [0.2, 0.25) is 0 Å². The van der Waals surface area contributed by atoms with Crippen molar-refractivity contribution in [3.63, 3.8) is 0 Å². The zero-order valence-corrected chi connectivity index (χ0v) is 21.1. The number of rotatable bonds is 5. The zero-order valence-electron chi connectivity index (χ0n) is 19.5. The monoisotopic (exact) mass is 517 g/mol. The van der Waals surface area contributed by atoms with Crippen molar-refractivity contribution in [3.8, 4) is 0 Å². The fourth-order valence-electron chi connectivity index (χ4n) is 4.01. The average Bonchev–Trinajstić information content (AvgIpc) is 3.29. The van der Waals surface area contributed by atoms with Gasteiger partial charge in [0.25, 0.3) is 0 Å². The number of nitrogens with one attached hydrogen (secondary N) is 2. The minimum atomic E-state index is -0.482. The minimum Gasteiger partial charge on any atom is -0.444 e. The molecule has 0 spiro atoms.